The maximum absolute atomic E-state index is 4.58. The van der Waals surface area contributed by atoms with Gasteiger partial charge in [0.1, 0.15) is 0 Å². The molecule has 1 aromatic carbocycles. The largest absolute Gasteiger partial charge is 0.300 e. The SMILES string of the molecule is Cc1cccc(-c2ncc(CN3CCN(CCc4ccncc4)CC3)cn2)c1. The first kappa shape index (κ1) is 18.7. The molecule has 28 heavy (non-hydrogen) atoms. The van der Waals surface area contributed by atoms with Crippen molar-refractivity contribution in [1.29, 1.82) is 0 Å². The molecule has 1 aliphatic rings. The Balaban J connectivity index is 1.25. The van der Waals surface area contributed by atoms with Gasteiger partial charge in [0, 0.05) is 75.2 Å². The van der Waals surface area contributed by atoms with Crippen LogP contribution in [0.4, 0.5) is 0 Å². The molecule has 0 radical (unpaired) electrons. The van der Waals surface area contributed by atoms with Crippen molar-refractivity contribution in [2.75, 3.05) is 32.7 Å². The Morgan fingerprint density at radius 2 is 1.57 bits per heavy atom. The molecule has 5 nitrogen and oxygen atoms in total. The van der Waals surface area contributed by atoms with E-state index in [4.69, 9.17) is 0 Å². The number of pyridine rings is 1. The summed E-state index contributed by atoms with van der Waals surface area (Å²) in [7, 11) is 0. The van der Waals surface area contributed by atoms with Crippen molar-refractivity contribution < 1.29 is 0 Å². The molecule has 2 aromatic heterocycles. The molecule has 0 bridgehead atoms. The van der Waals surface area contributed by atoms with Gasteiger partial charge in [0.25, 0.3) is 0 Å². The summed E-state index contributed by atoms with van der Waals surface area (Å²) < 4.78 is 0. The summed E-state index contributed by atoms with van der Waals surface area (Å²) >= 11 is 0. The van der Waals surface area contributed by atoms with Gasteiger partial charge in [-0.3, -0.25) is 9.88 Å². The number of nitrogens with zero attached hydrogens (tertiary/aromatic N) is 5. The fraction of sp³-hybridized carbons (Fsp3) is 0.348. The van der Waals surface area contributed by atoms with Crippen LogP contribution in [0, 0.1) is 6.92 Å². The summed E-state index contributed by atoms with van der Waals surface area (Å²) in [6.07, 6.45) is 8.79. The van der Waals surface area contributed by atoms with Gasteiger partial charge >= 0.3 is 0 Å². The average Bonchev–Trinajstić information content (AvgIpc) is 2.75. The first-order valence-electron chi connectivity index (χ1n) is 9.98. The standard InChI is InChI=1S/C23H27N5/c1-19-3-2-4-22(15-19)23-25-16-21(17-26-23)18-28-13-11-27(12-14-28)10-7-20-5-8-24-9-6-20/h2-6,8-9,15-17H,7,10-14,18H2,1H3. The van der Waals surface area contributed by atoms with Crippen LogP contribution in [0.15, 0.2) is 61.2 Å². The summed E-state index contributed by atoms with van der Waals surface area (Å²) in [4.78, 5) is 18.3. The van der Waals surface area contributed by atoms with Crippen molar-refractivity contribution in [3.8, 4) is 11.4 Å². The first-order valence-corrected chi connectivity index (χ1v) is 9.98. The third kappa shape index (κ3) is 5.00. The minimum Gasteiger partial charge on any atom is -0.300 e. The summed E-state index contributed by atoms with van der Waals surface area (Å²) in [6, 6.07) is 12.5. The van der Waals surface area contributed by atoms with Gasteiger partial charge in [-0.2, -0.15) is 0 Å². The highest BCUT2D eigenvalue weighted by Gasteiger charge is 2.17. The molecular weight excluding hydrogens is 346 g/mol. The number of piperazine rings is 1. The molecule has 0 unspecified atom stereocenters. The highest BCUT2D eigenvalue weighted by atomic mass is 15.3. The van der Waals surface area contributed by atoms with Crippen LogP contribution in [0.2, 0.25) is 0 Å². The second-order valence-electron chi connectivity index (χ2n) is 7.51. The van der Waals surface area contributed by atoms with Crippen LogP contribution in [0.1, 0.15) is 16.7 Å². The lowest BCUT2D eigenvalue weighted by molar-refractivity contribution is 0.128. The number of hydrogen-bond acceptors (Lipinski definition) is 5. The van der Waals surface area contributed by atoms with Crippen LogP contribution in [0.3, 0.4) is 0 Å². The third-order valence-electron chi connectivity index (χ3n) is 5.32. The topological polar surface area (TPSA) is 45.2 Å². The third-order valence-corrected chi connectivity index (χ3v) is 5.32. The highest BCUT2D eigenvalue weighted by molar-refractivity contribution is 5.55. The summed E-state index contributed by atoms with van der Waals surface area (Å²) in [5, 5.41) is 0. The molecule has 0 aliphatic carbocycles. The van der Waals surface area contributed by atoms with Gasteiger partial charge < -0.3 is 4.90 Å². The number of aryl methyl sites for hydroxylation is 1. The molecule has 0 atom stereocenters. The normalized spacial score (nSPS) is 15.6. The number of hydrogen-bond donors (Lipinski definition) is 0. The van der Waals surface area contributed by atoms with E-state index in [-0.39, 0.29) is 0 Å². The summed E-state index contributed by atoms with van der Waals surface area (Å²) in [6.45, 7) is 8.56. The molecule has 0 N–H and O–H groups in total. The van der Waals surface area contributed by atoms with E-state index in [0.717, 1.165) is 57.1 Å². The molecule has 0 saturated carbocycles. The van der Waals surface area contributed by atoms with Gasteiger partial charge in [-0.15, -0.1) is 0 Å². The van der Waals surface area contributed by atoms with Crippen LogP contribution < -0.4 is 0 Å². The van der Waals surface area contributed by atoms with Gasteiger partial charge in [0.2, 0.25) is 0 Å². The van der Waals surface area contributed by atoms with E-state index >= 15 is 0 Å². The molecule has 0 amide bonds. The Kier molecular flexibility index (Phi) is 6.04. The molecule has 4 rings (SSSR count). The number of benzene rings is 1. The Hall–Kier alpha value is -2.63. The minimum absolute atomic E-state index is 0.799. The predicted molar refractivity (Wildman–Crippen MR) is 112 cm³/mol. The zero-order valence-electron chi connectivity index (χ0n) is 16.5. The van der Waals surface area contributed by atoms with Crippen LogP contribution in [0.5, 0.6) is 0 Å². The van der Waals surface area contributed by atoms with E-state index in [0.29, 0.717) is 0 Å². The molecule has 1 aliphatic heterocycles. The van der Waals surface area contributed by atoms with Gasteiger partial charge in [-0.1, -0.05) is 23.8 Å². The zero-order chi connectivity index (χ0) is 19.2. The van der Waals surface area contributed by atoms with Crippen molar-refractivity contribution in [3.63, 3.8) is 0 Å². The van der Waals surface area contributed by atoms with Crippen LogP contribution >= 0.6 is 0 Å². The highest BCUT2D eigenvalue weighted by Crippen LogP contribution is 2.16. The molecule has 5 heteroatoms. The van der Waals surface area contributed by atoms with Gasteiger partial charge in [-0.05, 0) is 37.1 Å². The monoisotopic (exact) mass is 373 g/mol. The van der Waals surface area contributed by atoms with Crippen LogP contribution in [-0.2, 0) is 13.0 Å². The Morgan fingerprint density at radius 1 is 0.857 bits per heavy atom. The van der Waals surface area contributed by atoms with Gasteiger partial charge in [0.15, 0.2) is 5.82 Å². The molecular formula is C23H27N5. The van der Waals surface area contributed by atoms with E-state index < -0.39 is 0 Å². The second kappa shape index (κ2) is 9.04. The predicted octanol–water partition coefficient (Wildman–Crippen LogP) is 3.21. The summed E-state index contributed by atoms with van der Waals surface area (Å²) in [5.41, 5.74) is 4.85. The van der Waals surface area contributed by atoms with Crippen molar-refractivity contribution in [2.24, 2.45) is 0 Å². The molecule has 3 heterocycles. The van der Waals surface area contributed by atoms with Crippen molar-refractivity contribution in [1.82, 2.24) is 24.8 Å². The lowest BCUT2D eigenvalue weighted by Crippen LogP contribution is -2.46. The van der Waals surface area contributed by atoms with Gasteiger partial charge in [-0.25, -0.2) is 9.97 Å². The van der Waals surface area contributed by atoms with E-state index in [2.05, 4.69) is 68.1 Å². The van der Waals surface area contributed by atoms with E-state index in [9.17, 15) is 0 Å². The average molecular weight is 374 g/mol. The van der Waals surface area contributed by atoms with E-state index in [1.807, 2.05) is 24.8 Å². The second-order valence-corrected chi connectivity index (χ2v) is 7.51. The Labute approximate surface area is 167 Å². The molecule has 1 fully saturated rings. The number of aromatic nitrogens is 3. The fourth-order valence-corrected chi connectivity index (χ4v) is 3.64. The molecule has 144 valence electrons. The van der Waals surface area contributed by atoms with Crippen LogP contribution in [0.25, 0.3) is 11.4 Å². The molecule has 1 saturated heterocycles. The summed E-state index contributed by atoms with van der Waals surface area (Å²) in [5.74, 6) is 0.799. The maximum atomic E-state index is 4.58. The van der Waals surface area contributed by atoms with Crippen LogP contribution in [-0.4, -0.2) is 57.5 Å². The van der Waals surface area contributed by atoms with Gasteiger partial charge in [0.05, 0.1) is 0 Å². The Bertz CT molecular complexity index is 871. The van der Waals surface area contributed by atoms with Crippen molar-refractivity contribution in [3.05, 3.63) is 77.9 Å². The smallest absolute Gasteiger partial charge is 0.159 e. The van der Waals surface area contributed by atoms with Crippen molar-refractivity contribution >= 4 is 0 Å². The molecule has 0 spiro atoms. The first-order chi connectivity index (χ1) is 13.8. The number of rotatable bonds is 6. The quantitative estimate of drug-likeness (QED) is 0.664. The zero-order valence-corrected chi connectivity index (χ0v) is 16.5. The lowest BCUT2D eigenvalue weighted by atomic mass is 10.1. The van der Waals surface area contributed by atoms with E-state index in [1.54, 1.807) is 0 Å². The molecule has 3 aromatic rings. The van der Waals surface area contributed by atoms with Crippen molar-refractivity contribution in [2.45, 2.75) is 19.9 Å². The maximum Gasteiger partial charge on any atom is 0.159 e. The fourth-order valence-electron chi connectivity index (χ4n) is 3.64. The Morgan fingerprint density at radius 3 is 2.29 bits per heavy atom. The lowest BCUT2D eigenvalue weighted by Gasteiger charge is -2.34. The minimum atomic E-state index is 0.799. The van der Waals surface area contributed by atoms with E-state index in [1.165, 1.54) is 16.7 Å².